The lowest BCUT2D eigenvalue weighted by molar-refractivity contribution is -0.126. The molecule has 1 aromatic rings. The maximum Gasteiger partial charge on any atom is 0.410 e. The van der Waals surface area contributed by atoms with Crippen molar-refractivity contribution in [1.82, 2.24) is 15.2 Å². The zero-order valence-electron chi connectivity index (χ0n) is 14.0. The minimum atomic E-state index is -0.485. The molecule has 0 aromatic carbocycles. The average molecular weight is 339 g/mol. The van der Waals surface area contributed by atoms with E-state index in [1.165, 1.54) is 0 Å². The van der Waals surface area contributed by atoms with E-state index in [4.69, 9.17) is 4.74 Å². The summed E-state index contributed by atoms with van der Waals surface area (Å²) in [6.07, 6.45) is 1.83. The fraction of sp³-hybridized carbons (Fsp3) is 0.688. The Balaban J connectivity index is 1.69. The van der Waals surface area contributed by atoms with Gasteiger partial charge in [0.15, 0.2) is 0 Å². The predicted molar refractivity (Wildman–Crippen MR) is 89.4 cm³/mol. The number of hydrogen-bond acceptors (Lipinski definition) is 5. The fourth-order valence-corrected chi connectivity index (χ4v) is 3.06. The first-order chi connectivity index (χ1) is 10.8. The summed E-state index contributed by atoms with van der Waals surface area (Å²) in [5.41, 5.74) is 2.32. The van der Waals surface area contributed by atoms with Gasteiger partial charge in [-0.1, -0.05) is 0 Å². The highest BCUT2D eigenvalue weighted by Gasteiger charge is 2.29. The average Bonchev–Trinajstić information content (AvgIpc) is 2.99. The largest absolute Gasteiger partial charge is 0.444 e. The Hall–Kier alpha value is -1.63. The van der Waals surface area contributed by atoms with Gasteiger partial charge >= 0.3 is 6.09 Å². The monoisotopic (exact) mass is 339 g/mol. The molecule has 7 heteroatoms. The van der Waals surface area contributed by atoms with Crippen LogP contribution in [0.15, 0.2) is 10.9 Å². The molecular formula is C16H25N3O3S. The Labute approximate surface area is 141 Å². The molecule has 2 rings (SSSR count). The first kappa shape index (κ1) is 17.7. The second-order valence-electron chi connectivity index (χ2n) is 6.76. The molecule has 2 amide bonds. The second-order valence-corrected chi connectivity index (χ2v) is 7.48. The van der Waals surface area contributed by atoms with Crippen LogP contribution in [0.3, 0.4) is 0 Å². The van der Waals surface area contributed by atoms with Gasteiger partial charge in [-0.2, -0.15) is 0 Å². The number of aromatic nitrogens is 1. The van der Waals surface area contributed by atoms with Crippen LogP contribution >= 0.6 is 11.3 Å². The molecule has 1 N–H and O–H groups in total. The molecule has 0 saturated carbocycles. The van der Waals surface area contributed by atoms with E-state index in [0.717, 1.165) is 12.1 Å². The molecule has 0 spiro atoms. The van der Waals surface area contributed by atoms with Crippen LogP contribution in [-0.4, -0.2) is 47.1 Å². The summed E-state index contributed by atoms with van der Waals surface area (Å²) in [4.78, 5) is 30.0. The maximum absolute atomic E-state index is 12.2. The lowest BCUT2D eigenvalue weighted by Crippen LogP contribution is -2.45. The number of ether oxygens (including phenoxy) is 1. The van der Waals surface area contributed by atoms with Gasteiger partial charge in [0.25, 0.3) is 0 Å². The van der Waals surface area contributed by atoms with Crippen molar-refractivity contribution in [2.75, 3.05) is 19.6 Å². The highest BCUT2D eigenvalue weighted by atomic mass is 32.1. The van der Waals surface area contributed by atoms with Gasteiger partial charge in [-0.15, -0.1) is 11.3 Å². The Morgan fingerprint density at radius 3 is 2.65 bits per heavy atom. The van der Waals surface area contributed by atoms with Crippen LogP contribution in [0.2, 0.25) is 0 Å². The van der Waals surface area contributed by atoms with E-state index >= 15 is 0 Å². The smallest absolute Gasteiger partial charge is 0.410 e. The number of nitrogens with zero attached hydrogens (tertiary/aromatic N) is 2. The van der Waals surface area contributed by atoms with Crippen molar-refractivity contribution in [3.63, 3.8) is 0 Å². The molecule has 128 valence electrons. The molecule has 0 radical (unpaired) electrons. The number of piperidine rings is 1. The first-order valence-electron chi connectivity index (χ1n) is 7.98. The van der Waals surface area contributed by atoms with E-state index in [-0.39, 0.29) is 17.9 Å². The zero-order chi connectivity index (χ0) is 16.9. The molecule has 0 unspecified atom stereocenters. The molecule has 2 heterocycles. The molecular weight excluding hydrogens is 314 g/mol. The van der Waals surface area contributed by atoms with Crippen molar-refractivity contribution in [3.8, 4) is 0 Å². The maximum atomic E-state index is 12.2. The third-order valence-corrected chi connectivity index (χ3v) is 4.32. The summed E-state index contributed by atoms with van der Waals surface area (Å²) in [5.74, 6) is 0.0492. The second kappa shape index (κ2) is 7.77. The van der Waals surface area contributed by atoms with Gasteiger partial charge in [-0.05, 0) is 33.6 Å². The molecule has 0 aliphatic carbocycles. The standard InChI is InChI=1S/C16H25N3O3S/c1-16(2,3)22-15(21)19-8-5-12(6-9-19)14(20)17-7-4-13-10-23-11-18-13/h10-12H,4-9H2,1-3H3,(H,17,20). The van der Waals surface area contributed by atoms with Gasteiger partial charge in [-0.25, -0.2) is 9.78 Å². The van der Waals surface area contributed by atoms with Crippen LogP contribution in [0.1, 0.15) is 39.3 Å². The molecule has 1 aromatic heterocycles. The van der Waals surface area contributed by atoms with Crippen molar-refractivity contribution in [3.05, 3.63) is 16.6 Å². The summed E-state index contributed by atoms with van der Waals surface area (Å²) in [5, 5.41) is 4.96. The van der Waals surface area contributed by atoms with Crippen LogP contribution in [0.4, 0.5) is 4.79 Å². The first-order valence-corrected chi connectivity index (χ1v) is 8.92. The fourth-order valence-electron chi connectivity index (χ4n) is 2.47. The van der Waals surface area contributed by atoms with Gasteiger partial charge in [0, 0.05) is 37.4 Å². The number of amides is 2. The summed E-state index contributed by atoms with van der Waals surface area (Å²) in [7, 11) is 0. The van der Waals surface area contributed by atoms with Gasteiger partial charge in [-0.3, -0.25) is 4.79 Å². The van der Waals surface area contributed by atoms with E-state index in [9.17, 15) is 9.59 Å². The molecule has 0 atom stereocenters. The van der Waals surface area contributed by atoms with E-state index < -0.39 is 5.60 Å². The van der Waals surface area contributed by atoms with Crippen LogP contribution in [-0.2, 0) is 16.0 Å². The predicted octanol–water partition coefficient (Wildman–Crippen LogP) is 2.45. The molecule has 0 bridgehead atoms. The van der Waals surface area contributed by atoms with Crippen molar-refractivity contribution in [2.45, 2.75) is 45.6 Å². The molecule has 1 aliphatic heterocycles. The molecule has 23 heavy (non-hydrogen) atoms. The van der Waals surface area contributed by atoms with Gasteiger partial charge in [0.1, 0.15) is 5.60 Å². The Kier molecular flexibility index (Phi) is 5.98. The van der Waals surface area contributed by atoms with E-state index in [2.05, 4.69) is 10.3 Å². The number of hydrogen-bond donors (Lipinski definition) is 1. The van der Waals surface area contributed by atoms with E-state index in [0.29, 0.717) is 32.5 Å². The molecule has 1 saturated heterocycles. The number of rotatable bonds is 4. The van der Waals surface area contributed by atoms with Crippen LogP contribution in [0, 0.1) is 5.92 Å². The summed E-state index contributed by atoms with van der Waals surface area (Å²) in [6.45, 7) is 7.31. The normalized spacial score (nSPS) is 16.2. The lowest BCUT2D eigenvalue weighted by Gasteiger charge is -2.32. The summed E-state index contributed by atoms with van der Waals surface area (Å²) >= 11 is 1.56. The minimum absolute atomic E-state index is 0.0240. The van der Waals surface area contributed by atoms with Crippen LogP contribution in [0.5, 0.6) is 0 Å². The summed E-state index contributed by atoms with van der Waals surface area (Å²) < 4.78 is 5.36. The molecule has 6 nitrogen and oxygen atoms in total. The Bertz CT molecular complexity index is 517. The van der Waals surface area contributed by atoms with Crippen molar-refractivity contribution < 1.29 is 14.3 Å². The minimum Gasteiger partial charge on any atom is -0.444 e. The SMILES string of the molecule is CC(C)(C)OC(=O)N1CCC(C(=O)NCCc2cscn2)CC1. The van der Waals surface area contributed by atoms with E-state index in [1.807, 2.05) is 26.2 Å². The van der Waals surface area contributed by atoms with Crippen LogP contribution < -0.4 is 5.32 Å². The number of likely N-dealkylation sites (tertiary alicyclic amines) is 1. The number of nitrogens with one attached hydrogen (secondary N) is 1. The third-order valence-electron chi connectivity index (χ3n) is 3.68. The highest BCUT2D eigenvalue weighted by molar-refractivity contribution is 7.07. The number of carbonyl (C=O) groups excluding carboxylic acids is 2. The van der Waals surface area contributed by atoms with Gasteiger partial charge < -0.3 is 15.0 Å². The number of carbonyl (C=O) groups is 2. The molecule has 1 fully saturated rings. The van der Waals surface area contributed by atoms with Crippen molar-refractivity contribution >= 4 is 23.3 Å². The van der Waals surface area contributed by atoms with Gasteiger partial charge in [0.05, 0.1) is 11.2 Å². The topological polar surface area (TPSA) is 71.5 Å². The molecule has 1 aliphatic rings. The highest BCUT2D eigenvalue weighted by Crippen LogP contribution is 2.19. The Morgan fingerprint density at radius 1 is 1.39 bits per heavy atom. The van der Waals surface area contributed by atoms with Gasteiger partial charge in [0.2, 0.25) is 5.91 Å². The van der Waals surface area contributed by atoms with E-state index in [1.54, 1.807) is 21.7 Å². The third kappa shape index (κ3) is 5.82. The Morgan fingerprint density at radius 2 is 2.09 bits per heavy atom. The number of thiazole rings is 1. The zero-order valence-corrected chi connectivity index (χ0v) is 14.8. The van der Waals surface area contributed by atoms with Crippen molar-refractivity contribution in [2.24, 2.45) is 5.92 Å². The van der Waals surface area contributed by atoms with Crippen LogP contribution in [0.25, 0.3) is 0 Å². The van der Waals surface area contributed by atoms with Crippen molar-refractivity contribution in [1.29, 1.82) is 0 Å². The quantitative estimate of drug-likeness (QED) is 0.914. The summed E-state index contributed by atoms with van der Waals surface area (Å²) in [6, 6.07) is 0. The lowest BCUT2D eigenvalue weighted by atomic mass is 9.96.